The van der Waals surface area contributed by atoms with Crippen molar-refractivity contribution in [2.45, 2.75) is 50.8 Å². The molecule has 21 heavy (non-hydrogen) atoms. The van der Waals surface area contributed by atoms with Gasteiger partial charge in [-0.1, -0.05) is 5.21 Å². The zero-order valence-electron chi connectivity index (χ0n) is 12.4. The van der Waals surface area contributed by atoms with Crippen LogP contribution in [0.2, 0.25) is 0 Å². The van der Waals surface area contributed by atoms with E-state index in [1.165, 1.54) is 7.11 Å². The van der Waals surface area contributed by atoms with E-state index in [1.54, 1.807) is 0 Å². The maximum absolute atomic E-state index is 11.9. The number of aromatic nitrogens is 3. The fraction of sp³-hybridized carbons (Fsp3) is 0.786. The van der Waals surface area contributed by atoms with Crippen LogP contribution in [-0.4, -0.2) is 47.3 Å². The van der Waals surface area contributed by atoms with Gasteiger partial charge < -0.3 is 14.8 Å². The second kappa shape index (κ2) is 6.53. The van der Waals surface area contributed by atoms with Gasteiger partial charge in [0.15, 0.2) is 5.69 Å². The van der Waals surface area contributed by atoms with Crippen LogP contribution in [0.5, 0.6) is 0 Å². The normalized spacial score (nSPS) is 25.4. The summed E-state index contributed by atoms with van der Waals surface area (Å²) in [6, 6.07) is 0.138. The van der Waals surface area contributed by atoms with E-state index in [4.69, 9.17) is 9.47 Å². The van der Waals surface area contributed by atoms with Gasteiger partial charge >= 0.3 is 5.97 Å². The van der Waals surface area contributed by atoms with Gasteiger partial charge in [-0.15, -0.1) is 5.10 Å². The Morgan fingerprint density at radius 3 is 3.05 bits per heavy atom. The number of rotatable bonds is 5. The molecule has 0 spiro atoms. The van der Waals surface area contributed by atoms with Crippen LogP contribution in [0, 0.1) is 0 Å². The first-order chi connectivity index (χ1) is 10.3. The van der Waals surface area contributed by atoms with E-state index in [1.807, 2.05) is 4.68 Å². The maximum Gasteiger partial charge on any atom is 0.360 e. The van der Waals surface area contributed by atoms with Crippen molar-refractivity contribution in [1.29, 1.82) is 0 Å². The van der Waals surface area contributed by atoms with Crippen molar-refractivity contribution in [1.82, 2.24) is 20.3 Å². The molecule has 1 aromatic heterocycles. The third-order valence-electron chi connectivity index (χ3n) is 4.23. The SMILES string of the molecule is COC(=O)c1nnn(CCC2CCCO2)c1C1CCCN1. The summed E-state index contributed by atoms with van der Waals surface area (Å²) in [7, 11) is 1.37. The summed E-state index contributed by atoms with van der Waals surface area (Å²) in [6.45, 7) is 2.54. The lowest BCUT2D eigenvalue weighted by atomic mass is 10.1. The maximum atomic E-state index is 11.9. The fourth-order valence-electron chi connectivity index (χ4n) is 3.13. The minimum Gasteiger partial charge on any atom is -0.464 e. The van der Waals surface area contributed by atoms with E-state index >= 15 is 0 Å². The Balaban J connectivity index is 1.77. The van der Waals surface area contributed by atoms with Gasteiger partial charge in [0.05, 0.1) is 24.9 Å². The van der Waals surface area contributed by atoms with E-state index in [-0.39, 0.29) is 6.04 Å². The predicted molar refractivity (Wildman–Crippen MR) is 74.9 cm³/mol. The zero-order chi connectivity index (χ0) is 14.7. The molecule has 7 nitrogen and oxygen atoms in total. The largest absolute Gasteiger partial charge is 0.464 e. The molecule has 0 amide bonds. The molecule has 3 rings (SSSR count). The number of ether oxygens (including phenoxy) is 2. The summed E-state index contributed by atoms with van der Waals surface area (Å²) in [5, 5.41) is 11.6. The molecule has 0 radical (unpaired) electrons. The molecule has 2 unspecified atom stereocenters. The number of nitrogens with one attached hydrogen (secondary N) is 1. The molecule has 1 N–H and O–H groups in total. The number of carbonyl (C=O) groups excluding carboxylic acids is 1. The number of nitrogens with zero attached hydrogens (tertiary/aromatic N) is 3. The molecule has 1 aromatic rings. The quantitative estimate of drug-likeness (QED) is 0.818. The third-order valence-corrected chi connectivity index (χ3v) is 4.23. The molecule has 7 heteroatoms. The summed E-state index contributed by atoms with van der Waals surface area (Å²) >= 11 is 0. The average Bonchev–Trinajstić information content (AvgIpc) is 3.22. The Morgan fingerprint density at radius 1 is 1.48 bits per heavy atom. The lowest BCUT2D eigenvalue weighted by molar-refractivity contribution is 0.0591. The van der Waals surface area contributed by atoms with Crippen molar-refractivity contribution < 1.29 is 14.3 Å². The van der Waals surface area contributed by atoms with Crippen LogP contribution in [0.25, 0.3) is 0 Å². The van der Waals surface area contributed by atoms with Gasteiger partial charge in [-0.25, -0.2) is 9.48 Å². The lowest BCUT2D eigenvalue weighted by Crippen LogP contribution is -2.22. The predicted octanol–water partition coefficient (Wildman–Crippen LogP) is 1.06. The first kappa shape index (κ1) is 14.5. The van der Waals surface area contributed by atoms with E-state index in [0.717, 1.165) is 57.5 Å². The number of methoxy groups -OCH3 is 1. The highest BCUT2D eigenvalue weighted by Gasteiger charge is 2.29. The van der Waals surface area contributed by atoms with Crippen molar-refractivity contribution >= 4 is 5.97 Å². The molecule has 0 bridgehead atoms. The molecule has 2 aliphatic rings. The van der Waals surface area contributed by atoms with Crippen molar-refractivity contribution in [3.63, 3.8) is 0 Å². The molecule has 0 aliphatic carbocycles. The number of aryl methyl sites for hydroxylation is 1. The van der Waals surface area contributed by atoms with Crippen molar-refractivity contribution in [2.24, 2.45) is 0 Å². The van der Waals surface area contributed by atoms with Crippen molar-refractivity contribution in [2.75, 3.05) is 20.3 Å². The van der Waals surface area contributed by atoms with Crippen LogP contribution in [0.3, 0.4) is 0 Å². The second-order valence-corrected chi connectivity index (χ2v) is 5.61. The van der Waals surface area contributed by atoms with Gasteiger partial charge in [0.1, 0.15) is 0 Å². The first-order valence-corrected chi connectivity index (χ1v) is 7.66. The Morgan fingerprint density at radius 2 is 2.38 bits per heavy atom. The third kappa shape index (κ3) is 3.08. The van der Waals surface area contributed by atoms with Gasteiger partial charge in [-0.3, -0.25) is 0 Å². The first-order valence-electron chi connectivity index (χ1n) is 7.66. The van der Waals surface area contributed by atoms with Crippen LogP contribution in [-0.2, 0) is 16.0 Å². The summed E-state index contributed by atoms with van der Waals surface area (Å²) in [5.41, 5.74) is 1.20. The van der Waals surface area contributed by atoms with Gasteiger partial charge in [0, 0.05) is 13.2 Å². The topological polar surface area (TPSA) is 78.3 Å². The van der Waals surface area contributed by atoms with E-state index in [0.29, 0.717) is 11.8 Å². The molecule has 0 saturated carbocycles. The van der Waals surface area contributed by atoms with Gasteiger partial charge in [0.2, 0.25) is 0 Å². The van der Waals surface area contributed by atoms with Crippen LogP contribution in [0.1, 0.15) is 54.3 Å². The molecule has 3 heterocycles. The molecule has 2 saturated heterocycles. The average molecular weight is 294 g/mol. The Labute approximate surface area is 124 Å². The van der Waals surface area contributed by atoms with E-state index in [9.17, 15) is 4.79 Å². The smallest absolute Gasteiger partial charge is 0.360 e. The molecule has 2 atom stereocenters. The molecule has 116 valence electrons. The summed E-state index contributed by atoms with van der Waals surface area (Å²) in [4.78, 5) is 11.9. The zero-order valence-corrected chi connectivity index (χ0v) is 12.4. The summed E-state index contributed by atoms with van der Waals surface area (Å²) in [6.07, 6.45) is 5.55. The van der Waals surface area contributed by atoms with Crippen molar-refractivity contribution in [3.05, 3.63) is 11.4 Å². The molecule has 0 aromatic carbocycles. The minimum absolute atomic E-state index is 0.138. The number of carbonyl (C=O) groups is 1. The Bertz CT molecular complexity index is 490. The monoisotopic (exact) mass is 294 g/mol. The Hall–Kier alpha value is -1.47. The van der Waals surface area contributed by atoms with Crippen LogP contribution >= 0.6 is 0 Å². The molecular formula is C14H22N4O3. The van der Waals surface area contributed by atoms with Crippen molar-refractivity contribution in [3.8, 4) is 0 Å². The van der Waals surface area contributed by atoms with Crippen LogP contribution in [0.4, 0.5) is 0 Å². The molecular weight excluding hydrogens is 272 g/mol. The van der Waals surface area contributed by atoms with Crippen LogP contribution in [0.15, 0.2) is 0 Å². The Kier molecular flexibility index (Phi) is 4.50. The number of hydrogen-bond donors (Lipinski definition) is 1. The van der Waals surface area contributed by atoms with Gasteiger partial charge in [0.25, 0.3) is 0 Å². The van der Waals surface area contributed by atoms with E-state index < -0.39 is 5.97 Å². The lowest BCUT2D eigenvalue weighted by Gasteiger charge is -2.15. The van der Waals surface area contributed by atoms with E-state index in [2.05, 4.69) is 15.6 Å². The highest BCUT2D eigenvalue weighted by Crippen LogP contribution is 2.26. The second-order valence-electron chi connectivity index (χ2n) is 5.61. The number of hydrogen-bond acceptors (Lipinski definition) is 6. The van der Waals surface area contributed by atoms with Crippen LogP contribution < -0.4 is 5.32 Å². The summed E-state index contributed by atoms with van der Waals surface area (Å²) < 4.78 is 12.3. The van der Waals surface area contributed by atoms with Gasteiger partial charge in [-0.05, 0) is 38.6 Å². The molecule has 2 fully saturated rings. The molecule has 2 aliphatic heterocycles. The fourth-order valence-corrected chi connectivity index (χ4v) is 3.13. The highest BCUT2D eigenvalue weighted by atomic mass is 16.5. The van der Waals surface area contributed by atoms with Gasteiger partial charge in [-0.2, -0.15) is 0 Å². The number of esters is 1. The minimum atomic E-state index is -0.415. The highest BCUT2D eigenvalue weighted by molar-refractivity contribution is 5.88. The standard InChI is InChI=1S/C14H22N4O3/c1-20-14(19)12-13(11-5-2-7-15-11)18(17-16-12)8-6-10-4-3-9-21-10/h10-11,15H,2-9H2,1H3. The summed E-state index contributed by atoms with van der Waals surface area (Å²) in [5.74, 6) is -0.415.